The van der Waals surface area contributed by atoms with Crippen LogP contribution in [-0.4, -0.2) is 21.0 Å². The largest absolute Gasteiger partial charge is 0.399 e. The summed E-state index contributed by atoms with van der Waals surface area (Å²) in [5.74, 6) is 0.710. The SMILES string of the molecule is CC(C)N(CC1CC1)c1cc(N)cc(S(N)(=O)=O)c1. The van der Waals surface area contributed by atoms with Crippen LogP contribution in [0.15, 0.2) is 23.1 Å². The van der Waals surface area contributed by atoms with Gasteiger partial charge in [-0.3, -0.25) is 0 Å². The summed E-state index contributed by atoms with van der Waals surface area (Å²) in [6.45, 7) is 5.11. The summed E-state index contributed by atoms with van der Waals surface area (Å²) in [6.07, 6.45) is 2.49. The average molecular weight is 283 g/mol. The molecular weight excluding hydrogens is 262 g/mol. The van der Waals surface area contributed by atoms with Gasteiger partial charge in [0.2, 0.25) is 10.0 Å². The lowest BCUT2D eigenvalue weighted by Crippen LogP contribution is -2.33. The molecule has 1 saturated carbocycles. The van der Waals surface area contributed by atoms with E-state index in [1.807, 2.05) is 0 Å². The van der Waals surface area contributed by atoms with Crippen molar-refractivity contribution in [2.24, 2.45) is 11.1 Å². The highest BCUT2D eigenvalue weighted by atomic mass is 32.2. The number of nitrogen functional groups attached to an aromatic ring is 1. The minimum Gasteiger partial charge on any atom is -0.399 e. The molecule has 4 N–H and O–H groups in total. The first-order valence-electron chi connectivity index (χ1n) is 6.47. The topological polar surface area (TPSA) is 89.4 Å². The summed E-state index contributed by atoms with van der Waals surface area (Å²) in [6, 6.07) is 5.09. The van der Waals surface area contributed by atoms with Crippen LogP contribution in [0.3, 0.4) is 0 Å². The standard InChI is InChI=1S/C13H21N3O2S/c1-9(2)16(8-10-3-4-10)12-5-11(14)6-13(7-12)19(15,17)18/h5-7,9-10H,3-4,8,14H2,1-2H3,(H2,15,17,18). The van der Waals surface area contributed by atoms with E-state index in [1.54, 1.807) is 12.1 Å². The van der Waals surface area contributed by atoms with Crippen molar-refractivity contribution in [2.75, 3.05) is 17.2 Å². The molecule has 1 aromatic rings. The molecule has 0 amide bonds. The van der Waals surface area contributed by atoms with Gasteiger partial charge in [-0.2, -0.15) is 0 Å². The molecule has 1 aliphatic carbocycles. The molecule has 1 aromatic carbocycles. The smallest absolute Gasteiger partial charge is 0.238 e. The van der Waals surface area contributed by atoms with Crippen molar-refractivity contribution in [1.82, 2.24) is 0 Å². The van der Waals surface area contributed by atoms with Crippen LogP contribution in [0, 0.1) is 5.92 Å². The van der Waals surface area contributed by atoms with Gasteiger partial charge in [0.05, 0.1) is 4.90 Å². The maximum absolute atomic E-state index is 11.5. The fourth-order valence-corrected chi connectivity index (χ4v) is 2.71. The van der Waals surface area contributed by atoms with Gasteiger partial charge >= 0.3 is 0 Å². The van der Waals surface area contributed by atoms with E-state index >= 15 is 0 Å². The Balaban J connectivity index is 2.38. The third-order valence-electron chi connectivity index (χ3n) is 3.35. The van der Waals surface area contributed by atoms with Crippen molar-refractivity contribution in [1.29, 1.82) is 0 Å². The molecule has 5 nitrogen and oxygen atoms in total. The first kappa shape index (κ1) is 14.1. The highest BCUT2D eigenvalue weighted by Gasteiger charge is 2.26. The van der Waals surface area contributed by atoms with Crippen LogP contribution in [0.5, 0.6) is 0 Å². The fourth-order valence-electron chi connectivity index (χ4n) is 2.13. The average Bonchev–Trinajstić information content (AvgIpc) is 3.07. The van der Waals surface area contributed by atoms with Crippen LogP contribution < -0.4 is 15.8 Å². The maximum atomic E-state index is 11.5. The summed E-state index contributed by atoms with van der Waals surface area (Å²) in [7, 11) is -3.73. The molecule has 0 atom stereocenters. The Morgan fingerprint density at radius 2 is 1.95 bits per heavy atom. The summed E-state index contributed by atoms with van der Waals surface area (Å²) >= 11 is 0. The zero-order valence-corrected chi connectivity index (χ0v) is 12.2. The summed E-state index contributed by atoms with van der Waals surface area (Å²) < 4.78 is 22.9. The van der Waals surface area contributed by atoms with Crippen molar-refractivity contribution in [2.45, 2.75) is 37.6 Å². The monoisotopic (exact) mass is 283 g/mol. The lowest BCUT2D eigenvalue weighted by Gasteiger charge is -2.29. The van der Waals surface area contributed by atoms with Gasteiger partial charge in [-0.15, -0.1) is 0 Å². The second-order valence-electron chi connectivity index (χ2n) is 5.49. The predicted molar refractivity (Wildman–Crippen MR) is 77.4 cm³/mol. The van der Waals surface area contributed by atoms with Gasteiger partial charge in [0.15, 0.2) is 0 Å². The first-order valence-corrected chi connectivity index (χ1v) is 8.02. The van der Waals surface area contributed by atoms with E-state index in [2.05, 4.69) is 18.7 Å². The quantitative estimate of drug-likeness (QED) is 0.802. The molecule has 1 aliphatic rings. The van der Waals surface area contributed by atoms with E-state index in [4.69, 9.17) is 10.9 Å². The van der Waals surface area contributed by atoms with Crippen molar-refractivity contribution in [3.8, 4) is 0 Å². The molecule has 2 rings (SSSR count). The number of hydrogen-bond acceptors (Lipinski definition) is 4. The molecule has 0 radical (unpaired) electrons. The third-order valence-corrected chi connectivity index (χ3v) is 4.24. The summed E-state index contributed by atoms with van der Waals surface area (Å²) in [4.78, 5) is 2.26. The number of anilines is 2. The highest BCUT2D eigenvalue weighted by Crippen LogP contribution is 2.33. The Morgan fingerprint density at radius 3 is 2.42 bits per heavy atom. The van der Waals surface area contributed by atoms with E-state index in [1.165, 1.54) is 18.9 Å². The molecule has 0 unspecified atom stereocenters. The van der Waals surface area contributed by atoms with Crippen LogP contribution >= 0.6 is 0 Å². The fraction of sp³-hybridized carbons (Fsp3) is 0.538. The molecule has 0 saturated heterocycles. The molecule has 19 heavy (non-hydrogen) atoms. The lowest BCUT2D eigenvalue weighted by molar-refractivity contribution is 0.597. The molecule has 0 spiro atoms. The molecular formula is C13H21N3O2S. The minimum absolute atomic E-state index is 0.0731. The third kappa shape index (κ3) is 3.61. The van der Waals surface area contributed by atoms with E-state index in [0.717, 1.165) is 12.2 Å². The van der Waals surface area contributed by atoms with Crippen LogP contribution in [0.2, 0.25) is 0 Å². The lowest BCUT2D eigenvalue weighted by atomic mass is 10.2. The van der Waals surface area contributed by atoms with E-state index in [-0.39, 0.29) is 10.9 Å². The summed E-state index contributed by atoms with van der Waals surface area (Å²) in [5, 5.41) is 5.18. The van der Waals surface area contributed by atoms with Gasteiger partial charge in [0.1, 0.15) is 0 Å². The van der Waals surface area contributed by atoms with Crippen LogP contribution in [0.1, 0.15) is 26.7 Å². The van der Waals surface area contributed by atoms with Gasteiger partial charge in [0.25, 0.3) is 0 Å². The van der Waals surface area contributed by atoms with E-state index in [0.29, 0.717) is 11.6 Å². The predicted octanol–water partition coefficient (Wildman–Crippen LogP) is 1.54. The molecule has 0 aromatic heterocycles. The zero-order chi connectivity index (χ0) is 14.2. The molecule has 0 bridgehead atoms. The Morgan fingerprint density at radius 1 is 1.32 bits per heavy atom. The van der Waals surface area contributed by atoms with Gasteiger partial charge in [-0.25, -0.2) is 13.6 Å². The first-order chi connectivity index (χ1) is 8.77. The zero-order valence-electron chi connectivity index (χ0n) is 11.3. The molecule has 106 valence electrons. The number of nitrogens with zero attached hydrogens (tertiary/aromatic N) is 1. The number of primary sulfonamides is 1. The van der Waals surface area contributed by atoms with Crippen molar-refractivity contribution >= 4 is 21.4 Å². The molecule has 0 aliphatic heterocycles. The number of sulfonamides is 1. The molecule has 0 heterocycles. The number of rotatable bonds is 5. The van der Waals surface area contributed by atoms with Gasteiger partial charge < -0.3 is 10.6 Å². The van der Waals surface area contributed by atoms with Gasteiger partial charge in [-0.05, 0) is 50.8 Å². The Kier molecular flexibility index (Phi) is 3.73. The number of nitrogens with two attached hydrogens (primary N) is 2. The van der Waals surface area contributed by atoms with Gasteiger partial charge in [0, 0.05) is 24.0 Å². The van der Waals surface area contributed by atoms with Gasteiger partial charge in [-0.1, -0.05) is 0 Å². The van der Waals surface area contributed by atoms with E-state index < -0.39 is 10.0 Å². The van der Waals surface area contributed by atoms with Crippen molar-refractivity contribution in [3.05, 3.63) is 18.2 Å². The van der Waals surface area contributed by atoms with Crippen LogP contribution in [0.25, 0.3) is 0 Å². The Bertz CT molecular complexity index is 565. The Labute approximate surface area is 114 Å². The molecule has 6 heteroatoms. The second-order valence-corrected chi connectivity index (χ2v) is 7.06. The van der Waals surface area contributed by atoms with Crippen LogP contribution in [-0.2, 0) is 10.0 Å². The normalized spacial score (nSPS) is 15.8. The van der Waals surface area contributed by atoms with Crippen molar-refractivity contribution < 1.29 is 8.42 Å². The minimum atomic E-state index is -3.73. The Hall–Kier alpha value is -1.27. The van der Waals surface area contributed by atoms with E-state index in [9.17, 15) is 8.42 Å². The van der Waals surface area contributed by atoms with Crippen molar-refractivity contribution in [3.63, 3.8) is 0 Å². The number of benzene rings is 1. The maximum Gasteiger partial charge on any atom is 0.238 e. The second kappa shape index (κ2) is 5.02. The highest BCUT2D eigenvalue weighted by molar-refractivity contribution is 7.89. The number of hydrogen-bond donors (Lipinski definition) is 2. The molecule has 1 fully saturated rings. The summed E-state index contributed by atoms with van der Waals surface area (Å²) in [5.41, 5.74) is 7.04. The van der Waals surface area contributed by atoms with Crippen LogP contribution in [0.4, 0.5) is 11.4 Å².